The summed E-state index contributed by atoms with van der Waals surface area (Å²) >= 11 is 0. The fourth-order valence-electron chi connectivity index (χ4n) is 6.69. The maximum Gasteiger partial charge on any atom is 0.422 e. The summed E-state index contributed by atoms with van der Waals surface area (Å²) in [5.41, 5.74) is -0.104. The lowest BCUT2D eigenvalue weighted by Gasteiger charge is -2.31. The van der Waals surface area contributed by atoms with E-state index in [0.29, 0.717) is 5.56 Å². The third-order valence-corrected chi connectivity index (χ3v) is 9.63. The average Bonchev–Trinajstić information content (AvgIpc) is 4.07. The van der Waals surface area contributed by atoms with E-state index in [-0.39, 0.29) is 42.2 Å². The normalized spacial score (nSPS) is 23.6. The van der Waals surface area contributed by atoms with Crippen LogP contribution in [0.2, 0.25) is 0 Å². The minimum Gasteiger partial charge on any atom is -0.460 e. The number of amides is 2. The van der Waals surface area contributed by atoms with Gasteiger partial charge in [-0.15, -0.1) is 0 Å². The predicted molar refractivity (Wildman–Crippen MR) is 190 cm³/mol. The minimum absolute atomic E-state index is 0.0411. The highest BCUT2D eigenvalue weighted by Crippen LogP contribution is 2.59. The Kier molecular flexibility index (Phi) is 13.3. The van der Waals surface area contributed by atoms with E-state index in [1.54, 1.807) is 26.8 Å². The number of hydrogen-bond donors (Lipinski definition) is 4. The van der Waals surface area contributed by atoms with Crippen LogP contribution in [0.5, 0.6) is 0 Å². The largest absolute Gasteiger partial charge is 0.460 e. The van der Waals surface area contributed by atoms with Gasteiger partial charge in [-0.05, 0) is 89.6 Å². The molecule has 0 aromatic heterocycles. The molecule has 1 heterocycles. The van der Waals surface area contributed by atoms with Crippen LogP contribution < -0.4 is 10.6 Å². The van der Waals surface area contributed by atoms with Gasteiger partial charge in [-0.3, -0.25) is 14.4 Å². The lowest BCUT2D eigenvalue weighted by atomic mass is 9.91. The van der Waals surface area contributed by atoms with Crippen LogP contribution in [-0.4, -0.2) is 107 Å². The summed E-state index contributed by atoms with van der Waals surface area (Å²) in [5, 5.41) is 25.5. The Balaban J connectivity index is 1.27. The highest BCUT2D eigenvalue weighted by Gasteiger charge is 2.64. The average molecular weight is 795 g/mol. The standard InChI is InChI=1S/C39H49F3N2O12/c1-21(46)32(35(50)43-27(19-45)14-16-31(48)55-37(2,3)4)44-34(49)24-17-28(33-29(18-24)54-39(56-33,25-10-11-25)26-12-13-26)53-36(51)23-8-5-22(6-9-23)7-15-30(47)52-20-38(40,41)42/h5-9,15,18,21,25-29,32-33,45-46H,10-14,16-17,19-20H2,1-4H3,(H,43,50)(H,44,49). The van der Waals surface area contributed by atoms with E-state index >= 15 is 0 Å². The van der Waals surface area contributed by atoms with E-state index < -0.39 is 97.0 Å². The number of nitrogens with one attached hydrogen (secondary N) is 2. The topological polar surface area (TPSA) is 196 Å². The minimum atomic E-state index is -4.66. The van der Waals surface area contributed by atoms with E-state index in [1.807, 2.05) is 0 Å². The zero-order chi connectivity index (χ0) is 41.0. The Morgan fingerprint density at radius 3 is 2.20 bits per heavy atom. The monoisotopic (exact) mass is 794 g/mol. The zero-order valence-electron chi connectivity index (χ0n) is 31.6. The number of carbonyl (C=O) groups excluding carboxylic acids is 5. The SMILES string of the molecule is CC(O)C(NC(=O)C1=CC2OC(C3CC3)(C3CC3)OC2C(OC(=O)c2ccc(C=CC(=O)OCC(F)(F)F)cc2)C1)C(=O)NC(CO)CCC(=O)OC(C)(C)C. The van der Waals surface area contributed by atoms with Crippen LogP contribution in [0.15, 0.2) is 42.0 Å². The number of rotatable bonds is 16. The van der Waals surface area contributed by atoms with Crippen molar-refractivity contribution < 1.29 is 71.0 Å². The van der Waals surface area contributed by atoms with Gasteiger partial charge in [0.2, 0.25) is 11.8 Å². The molecule has 4 aliphatic rings. The van der Waals surface area contributed by atoms with E-state index in [2.05, 4.69) is 15.4 Å². The molecule has 0 radical (unpaired) electrons. The smallest absolute Gasteiger partial charge is 0.422 e. The quantitative estimate of drug-likeness (QED) is 0.108. The summed E-state index contributed by atoms with van der Waals surface area (Å²) in [6, 6.07) is 3.36. The molecule has 3 fully saturated rings. The van der Waals surface area contributed by atoms with Crippen molar-refractivity contribution in [3.8, 4) is 0 Å². The lowest BCUT2D eigenvalue weighted by Crippen LogP contribution is -2.55. The molecule has 4 N–H and O–H groups in total. The molecule has 1 aromatic carbocycles. The van der Waals surface area contributed by atoms with Crippen molar-refractivity contribution >= 4 is 35.8 Å². The number of halogens is 3. The Labute approximate surface area is 322 Å². The first-order valence-electron chi connectivity index (χ1n) is 18.7. The van der Waals surface area contributed by atoms with Gasteiger partial charge in [-0.2, -0.15) is 13.2 Å². The first kappa shape index (κ1) is 42.8. The molecule has 2 saturated carbocycles. The summed E-state index contributed by atoms with van der Waals surface area (Å²) in [6.45, 7) is 4.20. The van der Waals surface area contributed by atoms with Crippen molar-refractivity contribution in [2.45, 2.75) is 127 Å². The summed E-state index contributed by atoms with van der Waals surface area (Å²) in [5.74, 6) is -4.61. The second-order valence-corrected chi connectivity index (χ2v) is 15.7. The molecule has 6 atom stereocenters. The second kappa shape index (κ2) is 17.4. The van der Waals surface area contributed by atoms with Crippen LogP contribution >= 0.6 is 0 Å². The van der Waals surface area contributed by atoms with Gasteiger partial charge < -0.3 is 44.5 Å². The third-order valence-electron chi connectivity index (χ3n) is 9.63. The van der Waals surface area contributed by atoms with E-state index in [1.165, 1.54) is 37.3 Å². The molecule has 1 saturated heterocycles. The molecule has 308 valence electrons. The molecule has 0 spiro atoms. The molecule has 14 nitrogen and oxygen atoms in total. The number of aliphatic hydroxyl groups excluding tert-OH is 2. The molecule has 17 heteroatoms. The van der Waals surface area contributed by atoms with Crippen molar-refractivity contribution in [1.29, 1.82) is 0 Å². The van der Waals surface area contributed by atoms with Crippen molar-refractivity contribution in [3.05, 3.63) is 53.1 Å². The van der Waals surface area contributed by atoms with E-state index in [4.69, 9.17) is 18.9 Å². The van der Waals surface area contributed by atoms with E-state index in [9.17, 15) is 47.4 Å². The lowest BCUT2D eigenvalue weighted by molar-refractivity contribution is -0.209. The maximum atomic E-state index is 13.8. The van der Waals surface area contributed by atoms with Gasteiger partial charge in [0.25, 0.3) is 0 Å². The van der Waals surface area contributed by atoms with E-state index in [0.717, 1.165) is 31.8 Å². The third kappa shape index (κ3) is 11.6. The van der Waals surface area contributed by atoms with Crippen LogP contribution in [0.1, 0.15) is 88.6 Å². The molecule has 56 heavy (non-hydrogen) atoms. The number of hydrogen-bond acceptors (Lipinski definition) is 12. The van der Waals surface area contributed by atoms with Gasteiger partial charge in [-0.25, -0.2) is 9.59 Å². The second-order valence-electron chi connectivity index (χ2n) is 15.7. The summed E-state index contributed by atoms with van der Waals surface area (Å²) in [6.07, 6.45) is -1.52. The van der Waals surface area contributed by atoms with Crippen LogP contribution in [0.25, 0.3) is 6.08 Å². The van der Waals surface area contributed by atoms with Crippen molar-refractivity contribution in [1.82, 2.24) is 10.6 Å². The summed E-state index contributed by atoms with van der Waals surface area (Å²) < 4.78 is 65.5. The summed E-state index contributed by atoms with van der Waals surface area (Å²) in [4.78, 5) is 64.4. The first-order valence-corrected chi connectivity index (χ1v) is 18.7. The van der Waals surface area contributed by atoms with Crippen molar-refractivity contribution in [2.24, 2.45) is 11.8 Å². The number of esters is 3. The molecule has 1 aliphatic heterocycles. The zero-order valence-corrected chi connectivity index (χ0v) is 31.6. The molecule has 1 aromatic rings. The number of ether oxygens (including phenoxy) is 5. The van der Waals surface area contributed by atoms with Gasteiger partial charge in [0, 0.05) is 36.3 Å². The number of alkyl halides is 3. The molecule has 6 unspecified atom stereocenters. The first-order chi connectivity index (χ1) is 26.3. The molecule has 5 rings (SSSR count). The number of fused-ring (bicyclic) bond motifs is 1. The van der Waals surface area contributed by atoms with Crippen LogP contribution in [0.4, 0.5) is 13.2 Å². The van der Waals surface area contributed by atoms with Gasteiger partial charge >= 0.3 is 24.1 Å². The molecule has 3 aliphatic carbocycles. The summed E-state index contributed by atoms with van der Waals surface area (Å²) in [7, 11) is 0. The van der Waals surface area contributed by atoms with Gasteiger partial charge in [0.1, 0.15) is 30.0 Å². The number of carbonyl (C=O) groups is 5. The van der Waals surface area contributed by atoms with Crippen molar-refractivity contribution in [2.75, 3.05) is 13.2 Å². The molecular weight excluding hydrogens is 745 g/mol. The maximum absolute atomic E-state index is 13.8. The predicted octanol–water partition coefficient (Wildman–Crippen LogP) is 3.43. The van der Waals surface area contributed by atoms with Crippen LogP contribution in [0.3, 0.4) is 0 Å². The Hall–Kier alpha value is -4.32. The number of benzene rings is 1. The highest BCUT2D eigenvalue weighted by atomic mass is 19.4. The van der Waals surface area contributed by atoms with Crippen molar-refractivity contribution in [3.63, 3.8) is 0 Å². The Morgan fingerprint density at radius 2 is 1.64 bits per heavy atom. The Bertz CT molecular complexity index is 1670. The highest BCUT2D eigenvalue weighted by molar-refractivity contribution is 5.98. The number of aliphatic hydroxyl groups is 2. The molecule has 2 amide bonds. The van der Waals surface area contributed by atoms with Crippen LogP contribution in [0, 0.1) is 11.8 Å². The van der Waals surface area contributed by atoms with Gasteiger partial charge in [-0.1, -0.05) is 12.1 Å². The fourth-order valence-corrected chi connectivity index (χ4v) is 6.69. The Morgan fingerprint density at radius 1 is 1.00 bits per heavy atom. The molecular formula is C39H49F3N2O12. The van der Waals surface area contributed by atoms with Crippen LogP contribution in [-0.2, 0) is 42.9 Å². The fraction of sp³-hybridized carbons (Fsp3) is 0.615. The van der Waals surface area contributed by atoms with Gasteiger partial charge in [0.15, 0.2) is 12.4 Å². The van der Waals surface area contributed by atoms with Gasteiger partial charge in [0.05, 0.1) is 24.3 Å². The molecule has 0 bridgehead atoms.